The Kier molecular flexibility index (Phi) is 6.66. The van der Waals surface area contributed by atoms with Crippen LogP contribution in [-0.4, -0.2) is 47.4 Å². The first-order valence-corrected chi connectivity index (χ1v) is 10.1. The number of carboxylic acid groups (broad SMARTS) is 1. The minimum absolute atomic E-state index is 0.0399. The first kappa shape index (κ1) is 24.1. The lowest BCUT2D eigenvalue weighted by atomic mass is 9.98. The summed E-state index contributed by atoms with van der Waals surface area (Å²) in [7, 11) is 0. The van der Waals surface area contributed by atoms with Crippen LogP contribution >= 0.6 is 0 Å². The zero-order valence-corrected chi connectivity index (χ0v) is 17.9. The highest BCUT2D eigenvalue weighted by atomic mass is 19.4. The number of carbonyl (C=O) groups excluding carboxylic acids is 2. The number of fused-ring (bicyclic) bond motifs is 3. The quantitative estimate of drug-likeness (QED) is 0.578. The number of nitrogens with one attached hydrogen (secondary N) is 2. The molecule has 2 amide bonds. The van der Waals surface area contributed by atoms with Crippen molar-refractivity contribution in [1.82, 2.24) is 10.6 Å². The van der Waals surface area contributed by atoms with Crippen molar-refractivity contribution in [3.63, 3.8) is 0 Å². The number of alkyl halides is 3. The fourth-order valence-electron chi connectivity index (χ4n) is 3.71. The molecule has 33 heavy (non-hydrogen) atoms. The number of carbonyl (C=O) groups is 3. The van der Waals surface area contributed by atoms with Gasteiger partial charge in [-0.1, -0.05) is 48.5 Å². The summed E-state index contributed by atoms with van der Waals surface area (Å²) in [5, 5.41) is 12.6. The van der Waals surface area contributed by atoms with Crippen LogP contribution in [0.1, 0.15) is 37.3 Å². The maximum atomic E-state index is 13.0. The molecule has 0 saturated carbocycles. The van der Waals surface area contributed by atoms with E-state index in [0.717, 1.165) is 22.3 Å². The zero-order valence-electron chi connectivity index (χ0n) is 17.9. The molecule has 3 N–H and O–H groups in total. The second-order valence-corrected chi connectivity index (χ2v) is 8.24. The van der Waals surface area contributed by atoms with Gasteiger partial charge in [-0.05, 0) is 36.1 Å². The lowest BCUT2D eigenvalue weighted by Gasteiger charge is -2.28. The van der Waals surface area contributed by atoms with Crippen LogP contribution in [0.5, 0.6) is 0 Å². The van der Waals surface area contributed by atoms with Crippen molar-refractivity contribution in [3.8, 4) is 11.1 Å². The summed E-state index contributed by atoms with van der Waals surface area (Å²) in [6, 6.07) is 12.8. The van der Waals surface area contributed by atoms with E-state index in [2.05, 4.69) is 5.32 Å². The number of ether oxygens (including phenoxy) is 1. The second kappa shape index (κ2) is 9.13. The van der Waals surface area contributed by atoms with Crippen LogP contribution in [0, 0.1) is 0 Å². The van der Waals surface area contributed by atoms with E-state index in [-0.39, 0.29) is 12.5 Å². The van der Waals surface area contributed by atoms with E-state index >= 15 is 0 Å². The molecular weight excluding hydrogens is 441 g/mol. The number of halogens is 3. The minimum atomic E-state index is -4.96. The van der Waals surface area contributed by atoms with Gasteiger partial charge in [0.2, 0.25) is 5.91 Å². The van der Waals surface area contributed by atoms with Gasteiger partial charge in [-0.25, -0.2) is 4.79 Å². The van der Waals surface area contributed by atoms with Gasteiger partial charge in [-0.2, -0.15) is 13.2 Å². The van der Waals surface area contributed by atoms with E-state index in [1.165, 1.54) is 13.8 Å². The summed E-state index contributed by atoms with van der Waals surface area (Å²) in [5.41, 5.74) is 2.22. The molecule has 2 aromatic carbocycles. The fraction of sp³-hybridized carbons (Fsp3) is 0.348. The Morgan fingerprint density at radius 1 is 1.00 bits per heavy atom. The van der Waals surface area contributed by atoms with E-state index in [9.17, 15) is 27.6 Å². The molecule has 0 aromatic heterocycles. The first-order valence-electron chi connectivity index (χ1n) is 10.1. The number of rotatable bonds is 7. The van der Waals surface area contributed by atoms with E-state index in [0.29, 0.717) is 0 Å². The lowest BCUT2D eigenvalue weighted by molar-refractivity contribution is -0.171. The predicted octanol–water partition coefficient (Wildman–Crippen LogP) is 3.83. The van der Waals surface area contributed by atoms with Gasteiger partial charge in [0.1, 0.15) is 18.2 Å². The van der Waals surface area contributed by atoms with Gasteiger partial charge in [-0.15, -0.1) is 0 Å². The first-order chi connectivity index (χ1) is 15.4. The zero-order chi connectivity index (χ0) is 24.4. The van der Waals surface area contributed by atoms with Gasteiger partial charge in [0, 0.05) is 5.92 Å². The Balaban J connectivity index is 1.64. The van der Waals surface area contributed by atoms with Gasteiger partial charge < -0.3 is 20.5 Å². The summed E-state index contributed by atoms with van der Waals surface area (Å²) in [4.78, 5) is 35.4. The van der Waals surface area contributed by atoms with E-state index in [1.54, 1.807) is 5.32 Å². The number of hydrogen-bond donors (Lipinski definition) is 3. The normalized spacial score (nSPS) is 14.1. The van der Waals surface area contributed by atoms with E-state index in [1.807, 2.05) is 48.5 Å². The summed E-state index contributed by atoms with van der Waals surface area (Å²) in [6.45, 7) is 2.34. The standard InChI is InChI=1S/C23H23F3N2O5/c1-22(2,20(31)27-18(11-19(29)30)23(24,25)26)28-21(32)33-12-17-15-9-5-3-7-13(15)14-8-4-6-10-16(14)17/h3-10,17-18H,11-12H2,1-2H3,(H,27,31)(H,28,32)(H,29,30). The van der Waals surface area contributed by atoms with Gasteiger partial charge >= 0.3 is 18.2 Å². The van der Waals surface area contributed by atoms with Gasteiger partial charge in [0.25, 0.3) is 0 Å². The van der Waals surface area contributed by atoms with Crippen molar-refractivity contribution in [1.29, 1.82) is 0 Å². The largest absolute Gasteiger partial charge is 0.481 e. The van der Waals surface area contributed by atoms with Crippen molar-refractivity contribution < 1.29 is 37.4 Å². The molecule has 176 valence electrons. The fourth-order valence-corrected chi connectivity index (χ4v) is 3.71. The number of benzene rings is 2. The summed E-state index contributed by atoms with van der Waals surface area (Å²) in [5.74, 6) is -3.15. The smallest absolute Gasteiger partial charge is 0.409 e. The molecule has 1 atom stereocenters. The molecule has 1 aliphatic carbocycles. The summed E-state index contributed by atoms with van der Waals surface area (Å²) in [6.07, 6.45) is -7.29. The highest BCUT2D eigenvalue weighted by Crippen LogP contribution is 2.44. The predicted molar refractivity (Wildman–Crippen MR) is 113 cm³/mol. The molecule has 0 radical (unpaired) electrons. The third-order valence-corrected chi connectivity index (χ3v) is 5.41. The van der Waals surface area contributed by atoms with Crippen molar-refractivity contribution in [2.24, 2.45) is 0 Å². The van der Waals surface area contributed by atoms with Crippen LogP contribution in [-0.2, 0) is 14.3 Å². The van der Waals surface area contributed by atoms with Crippen molar-refractivity contribution in [3.05, 3.63) is 59.7 Å². The monoisotopic (exact) mass is 464 g/mol. The number of carboxylic acids is 1. The van der Waals surface area contributed by atoms with Crippen molar-refractivity contribution >= 4 is 18.0 Å². The highest BCUT2D eigenvalue weighted by molar-refractivity contribution is 5.89. The van der Waals surface area contributed by atoms with Crippen LogP contribution in [0.4, 0.5) is 18.0 Å². The molecule has 0 spiro atoms. The molecule has 1 unspecified atom stereocenters. The van der Waals surface area contributed by atoms with Crippen LogP contribution < -0.4 is 10.6 Å². The summed E-state index contributed by atoms with van der Waals surface area (Å²) < 4.78 is 44.4. The molecular formula is C23H23F3N2O5. The third kappa shape index (κ3) is 5.44. The van der Waals surface area contributed by atoms with E-state index in [4.69, 9.17) is 9.84 Å². The number of hydrogen-bond acceptors (Lipinski definition) is 4. The van der Waals surface area contributed by atoms with Crippen molar-refractivity contribution in [2.45, 2.75) is 43.9 Å². The molecule has 0 heterocycles. The molecule has 7 nitrogen and oxygen atoms in total. The Morgan fingerprint density at radius 2 is 1.52 bits per heavy atom. The molecule has 0 aliphatic heterocycles. The maximum absolute atomic E-state index is 13.0. The topological polar surface area (TPSA) is 105 Å². The minimum Gasteiger partial charge on any atom is -0.481 e. The number of amides is 2. The van der Waals surface area contributed by atoms with E-state index < -0.39 is 42.1 Å². The highest BCUT2D eigenvalue weighted by Gasteiger charge is 2.44. The van der Waals surface area contributed by atoms with Crippen LogP contribution in [0.15, 0.2) is 48.5 Å². The molecule has 2 aromatic rings. The van der Waals surface area contributed by atoms with Crippen LogP contribution in [0.3, 0.4) is 0 Å². The Labute approximate surface area is 187 Å². The summed E-state index contributed by atoms with van der Waals surface area (Å²) >= 11 is 0. The maximum Gasteiger partial charge on any atom is 0.409 e. The number of alkyl carbamates (subject to hydrolysis) is 1. The average molecular weight is 464 g/mol. The Hall–Kier alpha value is -3.56. The molecule has 0 saturated heterocycles. The molecule has 3 rings (SSSR count). The Morgan fingerprint density at radius 3 is 2.00 bits per heavy atom. The number of aliphatic carboxylic acids is 1. The van der Waals surface area contributed by atoms with Crippen LogP contribution in [0.25, 0.3) is 11.1 Å². The molecule has 10 heteroatoms. The average Bonchev–Trinajstić information content (AvgIpc) is 3.04. The third-order valence-electron chi connectivity index (χ3n) is 5.41. The van der Waals surface area contributed by atoms with Gasteiger partial charge in [0.15, 0.2) is 0 Å². The molecule has 0 bridgehead atoms. The van der Waals surface area contributed by atoms with Crippen molar-refractivity contribution in [2.75, 3.05) is 6.61 Å². The van der Waals surface area contributed by atoms with Crippen LogP contribution in [0.2, 0.25) is 0 Å². The van der Waals surface area contributed by atoms with Gasteiger partial charge in [-0.3, -0.25) is 9.59 Å². The molecule has 0 fully saturated rings. The lowest BCUT2D eigenvalue weighted by Crippen LogP contribution is -2.59. The van der Waals surface area contributed by atoms with Gasteiger partial charge in [0.05, 0.1) is 6.42 Å². The second-order valence-electron chi connectivity index (χ2n) is 8.24. The molecule has 1 aliphatic rings. The Bertz CT molecular complexity index is 1020. The SMILES string of the molecule is CC(C)(NC(=O)OCC1c2ccccc2-c2ccccc21)C(=O)NC(CC(=O)O)C(F)(F)F.